The number of benzene rings is 1. The Labute approximate surface area is 242 Å². The molecule has 0 saturated heterocycles. The average molecular weight is 563 g/mol. The summed E-state index contributed by atoms with van der Waals surface area (Å²) in [5, 5.41) is 27.7. The number of methoxy groups -OCH3 is 1. The number of oxime groups is 1. The molecule has 41 heavy (non-hydrogen) atoms. The quantitative estimate of drug-likeness (QED) is 0.259. The van der Waals surface area contributed by atoms with Gasteiger partial charge in [-0.15, -0.1) is 6.42 Å². The van der Waals surface area contributed by atoms with Crippen LogP contribution in [0.4, 0.5) is 0 Å². The van der Waals surface area contributed by atoms with Crippen molar-refractivity contribution in [1.29, 1.82) is 0 Å². The van der Waals surface area contributed by atoms with Gasteiger partial charge < -0.3 is 25.1 Å². The molecule has 3 N–H and O–H groups in total. The van der Waals surface area contributed by atoms with Gasteiger partial charge in [0.05, 0.1) is 12.8 Å². The molecule has 1 aromatic carbocycles. The molecule has 3 fully saturated rings. The predicted molar refractivity (Wildman–Crippen MR) is 155 cm³/mol. The Hall–Kier alpha value is -3.31. The predicted octanol–water partition coefficient (Wildman–Crippen LogP) is 4.29. The zero-order chi connectivity index (χ0) is 29.4. The molecule has 0 heterocycles. The van der Waals surface area contributed by atoms with E-state index in [1.807, 2.05) is 0 Å². The van der Waals surface area contributed by atoms with Crippen molar-refractivity contribution < 1.29 is 29.4 Å². The van der Waals surface area contributed by atoms with Gasteiger partial charge in [0.25, 0.3) is 5.91 Å². The maximum atomic E-state index is 12.6. The lowest BCUT2D eigenvalue weighted by Gasteiger charge is -2.58. The van der Waals surface area contributed by atoms with Crippen molar-refractivity contribution in [3.8, 4) is 18.1 Å². The lowest BCUT2D eigenvalue weighted by molar-refractivity contribution is -0.145. The van der Waals surface area contributed by atoms with Crippen LogP contribution in [-0.2, 0) is 25.6 Å². The first-order valence-corrected chi connectivity index (χ1v) is 14.8. The number of ether oxygens (including phenoxy) is 1. The highest BCUT2D eigenvalue weighted by atomic mass is 16.6. The van der Waals surface area contributed by atoms with Gasteiger partial charge in [-0.25, -0.2) is 4.79 Å². The van der Waals surface area contributed by atoms with Gasteiger partial charge in [-0.3, -0.25) is 4.79 Å². The fraction of sp³-hybridized carbons (Fsp3) is 0.606. The van der Waals surface area contributed by atoms with Gasteiger partial charge in [-0.2, -0.15) is 0 Å². The number of aliphatic hydroxyl groups is 1. The lowest BCUT2D eigenvalue weighted by atomic mass is 9.46. The van der Waals surface area contributed by atoms with Crippen molar-refractivity contribution in [2.24, 2.45) is 33.7 Å². The average Bonchev–Trinajstić information content (AvgIpc) is 3.24. The maximum absolute atomic E-state index is 12.6. The number of carbonyl (C=O) groups is 2. The third-order valence-electron chi connectivity index (χ3n) is 10.9. The van der Waals surface area contributed by atoms with Crippen LogP contribution in [0.1, 0.15) is 70.8 Å². The number of fused-ring (bicyclic) bond motifs is 5. The second-order valence-electron chi connectivity index (χ2n) is 12.9. The summed E-state index contributed by atoms with van der Waals surface area (Å²) < 4.78 is 4.85. The third-order valence-corrected chi connectivity index (χ3v) is 10.9. The summed E-state index contributed by atoms with van der Waals surface area (Å²) in [7, 11) is 1.27. The summed E-state index contributed by atoms with van der Waals surface area (Å²) >= 11 is 0. The van der Waals surface area contributed by atoms with Gasteiger partial charge in [0, 0.05) is 11.8 Å². The molecule has 0 radical (unpaired) electrons. The minimum absolute atomic E-state index is 0.0967. The fourth-order valence-electron chi connectivity index (χ4n) is 8.51. The summed E-state index contributed by atoms with van der Waals surface area (Å²) in [5.41, 5.74) is 1.92. The monoisotopic (exact) mass is 562 g/mol. The van der Waals surface area contributed by atoms with Crippen LogP contribution in [-0.4, -0.2) is 53.2 Å². The Balaban J connectivity index is 1.20. The molecule has 4 aliphatic rings. The van der Waals surface area contributed by atoms with Crippen LogP contribution in [0, 0.1) is 40.9 Å². The number of hydrogen-bond acceptors (Lipinski definition) is 7. The van der Waals surface area contributed by atoms with E-state index < -0.39 is 23.5 Å². The number of rotatable bonds is 7. The molecule has 0 spiro atoms. The molecule has 5 rings (SSSR count). The van der Waals surface area contributed by atoms with Crippen molar-refractivity contribution in [3.05, 3.63) is 41.5 Å². The molecule has 220 valence electrons. The second-order valence-corrected chi connectivity index (χ2v) is 12.9. The maximum Gasteiger partial charge on any atom is 0.328 e. The van der Waals surface area contributed by atoms with Crippen LogP contribution in [0.2, 0.25) is 0 Å². The molecule has 0 aliphatic heterocycles. The highest BCUT2D eigenvalue weighted by molar-refractivity contribution is 5.96. The Morgan fingerprint density at radius 3 is 2.56 bits per heavy atom. The highest BCUT2D eigenvalue weighted by Gasteiger charge is 2.63. The van der Waals surface area contributed by atoms with Gasteiger partial charge in [0.2, 0.25) is 0 Å². The van der Waals surface area contributed by atoms with Crippen molar-refractivity contribution in [3.63, 3.8) is 0 Å². The van der Waals surface area contributed by atoms with Crippen molar-refractivity contribution >= 4 is 17.6 Å². The molecule has 1 amide bonds. The number of carbonyl (C=O) groups excluding carboxylic acids is 2. The second kappa shape index (κ2) is 11.2. The van der Waals surface area contributed by atoms with E-state index >= 15 is 0 Å². The summed E-state index contributed by atoms with van der Waals surface area (Å²) in [5.74, 6) is 3.45. The van der Waals surface area contributed by atoms with E-state index in [0.29, 0.717) is 24.2 Å². The van der Waals surface area contributed by atoms with Crippen LogP contribution < -0.4 is 5.32 Å². The number of allylic oxidation sites excluding steroid dienone is 2. The zero-order valence-electron chi connectivity index (χ0n) is 24.3. The van der Waals surface area contributed by atoms with Gasteiger partial charge in [-0.05, 0) is 98.3 Å². The fourth-order valence-corrected chi connectivity index (χ4v) is 8.51. The number of amides is 1. The van der Waals surface area contributed by atoms with Crippen LogP contribution >= 0.6 is 0 Å². The van der Waals surface area contributed by atoms with Gasteiger partial charge in [-0.1, -0.05) is 42.6 Å². The Bertz CT molecular complexity index is 1280. The molecule has 0 unspecified atom stereocenters. The van der Waals surface area contributed by atoms with Crippen molar-refractivity contribution in [2.45, 2.75) is 83.3 Å². The standard InChI is InChI=1S/C33H42N2O6/c1-5-33(39)17-14-27-25-11-8-22-19-23(12-15-31(22,2)26(25)13-16-32(27,33)3)35-41-20-29(37)34-28(30(38)40-4)18-21-6-9-24(36)10-7-21/h1,6-7,9-10,19,25-28,36,39H,8,11-18,20H2,2-4H3,(H,34,37)/b35-23+/t25-,26+,27+,28+,31+,32+,33-/m1/s1. The van der Waals surface area contributed by atoms with E-state index in [1.165, 1.54) is 24.8 Å². The number of phenols is 1. The lowest BCUT2D eigenvalue weighted by Crippen LogP contribution is -2.54. The summed E-state index contributed by atoms with van der Waals surface area (Å²) in [4.78, 5) is 30.3. The molecule has 0 bridgehead atoms. The number of terminal acetylenes is 1. The smallest absolute Gasteiger partial charge is 0.328 e. The normalized spacial score (nSPS) is 35.6. The minimum atomic E-state index is -0.988. The van der Waals surface area contributed by atoms with Gasteiger partial charge >= 0.3 is 5.97 Å². The zero-order valence-corrected chi connectivity index (χ0v) is 24.3. The molecular weight excluding hydrogens is 520 g/mol. The topological polar surface area (TPSA) is 117 Å². The van der Waals surface area contributed by atoms with E-state index in [-0.39, 0.29) is 29.6 Å². The number of phenolic OH excluding ortho intramolecular Hbond substituents is 1. The van der Waals surface area contributed by atoms with Crippen LogP contribution in [0.15, 0.2) is 41.1 Å². The first-order chi connectivity index (χ1) is 19.5. The molecule has 1 aromatic rings. The van der Waals surface area contributed by atoms with Crippen molar-refractivity contribution in [1.82, 2.24) is 5.32 Å². The molecule has 7 atom stereocenters. The Kier molecular flexibility index (Phi) is 7.95. The molecule has 0 aromatic heterocycles. The molecule has 4 aliphatic carbocycles. The van der Waals surface area contributed by atoms with Crippen LogP contribution in [0.25, 0.3) is 0 Å². The number of nitrogens with one attached hydrogen (secondary N) is 1. The highest BCUT2D eigenvalue weighted by Crippen LogP contribution is 2.67. The molecule has 8 nitrogen and oxygen atoms in total. The summed E-state index contributed by atoms with van der Waals surface area (Å²) in [6.45, 7) is 4.30. The third kappa shape index (κ3) is 5.25. The van der Waals surface area contributed by atoms with Crippen LogP contribution in [0.3, 0.4) is 0 Å². The first kappa shape index (κ1) is 29.2. The number of nitrogens with zero attached hydrogens (tertiary/aromatic N) is 1. The van der Waals surface area contributed by atoms with Crippen molar-refractivity contribution in [2.75, 3.05) is 13.7 Å². The Morgan fingerprint density at radius 1 is 1.12 bits per heavy atom. The number of esters is 1. The van der Waals surface area contributed by atoms with E-state index in [0.717, 1.165) is 56.2 Å². The SMILES string of the molecule is C#C[C@@]1(O)CC[C@H]2[C@@H]3CCC4=C/C(=N/OCC(=O)N[C@@H](Cc5ccc(O)cc5)C(=O)OC)CC[C@]4(C)[C@H]3CC[C@@]21C. The summed E-state index contributed by atoms with van der Waals surface area (Å²) in [6, 6.07) is 5.55. The molecule has 3 saturated carbocycles. The minimum Gasteiger partial charge on any atom is -0.508 e. The summed E-state index contributed by atoms with van der Waals surface area (Å²) in [6.07, 6.45) is 15.8. The largest absolute Gasteiger partial charge is 0.508 e. The van der Waals surface area contributed by atoms with Gasteiger partial charge in [0.15, 0.2) is 6.61 Å². The number of hydrogen-bond donors (Lipinski definition) is 3. The Morgan fingerprint density at radius 2 is 1.85 bits per heavy atom. The molecule has 8 heteroatoms. The van der Waals surface area contributed by atoms with Crippen LogP contribution in [0.5, 0.6) is 5.75 Å². The van der Waals surface area contributed by atoms with E-state index in [2.05, 4.69) is 36.3 Å². The van der Waals surface area contributed by atoms with E-state index in [9.17, 15) is 19.8 Å². The van der Waals surface area contributed by atoms with E-state index in [1.54, 1.807) is 12.1 Å². The molecular formula is C33H42N2O6. The number of aromatic hydroxyl groups is 1. The first-order valence-electron chi connectivity index (χ1n) is 14.8. The van der Waals surface area contributed by atoms with E-state index in [4.69, 9.17) is 16.0 Å². The van der Waals surface area contributed by atoms with Gasteiger partial charge in [0.1, 0.15) is 17.4 Å².